The molecule has 2 heterocycles. The maximum atomic E-state index is 9.91. The van der Waals surface area contributed by atoms with E-state index in [1.807, 2.05) is 29.8 Å². The first-order valence-corrected chi connectivity index (χ1v) is 8.97. The van der Waals surface area contributed by atoms with Crippen LogP contribution in [0.25, 0.3) is 22.6 Å². The van der Waals surface area contributed by atoms with Gasteiger partial charge in [-0.25, -0.2) is 14.6 Å². The van der Waals surface area contributed by atoms with Gasteiger partial charge in [0.1, 0.15) is 11.3 Å². The Labute approximate surface area is 155 Å². The Kier molecular flexibility index (Phi) is 4.42. The zero-order chi connectivity index (χ0) is 19.1. The minimum atomic E-state index is -0.164. The number of nitrogens with one attached hydrogen (secondary N) is 1. The van der Waals surface area contributed by atoms with Crippen LogP contribution in [0.2, 0.25) is 0 Å². The zero-order valence-corrected chi connectivity index (χ0v) is 16.5. The van der Waals surface area contributed by atoms with Gasteiger partial charge >= 0.3 is 0 Å². The number of aryl methyl sites for hydroxylation is 1. The van der Waals surface area contributed by atoms with Crippen LogP contribution in [0.4, 0.5) is 0 Å². The Balaban J connectivity index is 2.16. The van der Waals surface area contributed by atoms with E-state index in [9.17, 15) is 5.11 Å². The predicted octanol–water partition coefficient (Wildman–Crippen LogP) is 4.87. The van der Waals surface area contributed by atoms with E-state index in [1.165, 1.54) is 0 Å². The number of fused-ring (bicyclic) bond motifs is 1. The molecule has 26 heavy (non-hydrogen) atoms. The van der Waals surface area contributed by atoms with Gasteiger partial charge in [0, 0.05) is 17.3 Å². The number of imidazole rings is 1. The van der Waals surface area contributed by atoms with Gasteiger partial charge in [-0.3, -0.25) is 0 Å². The standard InChI is InChI=1S/C21H28N4O/c1-14-10-11-22-19-17(14)23-18(15-8-7-9-16(26)12-15)25(19)24-21(5,6)13-20(2,3)4/h7-12,24,26H,13H2,1-6H3. The summed E-state index contributed by atoms with van der Waals surface area (Å²) in [5, 5.41) is 9.91. The van der Waals surface area contributed by atoms with Gasteiger partial charge in [0.05, 0.1) is 0 Å². The van der Waals surface area contributed by atoms with E-state index < -0.39 is 0 Å². The number of pyridine rings is 1. The van der Waals surface area contributed by atoms with Gasteiger partial charge in [0.15, 0.2) is 11.5 Å². The fraction of sp³-hybridized carbons (Fsp3) is 0.429. The number of rotatable bonds is 4. The first-order chi connectivity index (χ1) is 12.1. The molecule has 5 nitrogen and oxygen atoms in total. The summed E-state index contributed by atoms with van der Waals surface area (Å²) in [6.07, 6.45) is 2.78. The van der Waals surface area contributed by atoms with E-state index in [2.05, 4.69) is 45.0 Å². The van der Waals surface area contributed by atoms with E-state index in [0.29, 0.717) is 0 Å². The smallest absolute Gasteiger partial charge is 0.179 e. The first-order valence-electron chi connectivity index (χ1n) is 8.97. The van der Waals surface area contributed by atoms with Crippen molar-refractivity contribution < 1.29 is 5.11 Å². The third-order valence-electron chi connectivity index (χ3n) is 4.24. The number of nitrogens with zero attached hydrogens (tertiary/aromatic N) is 3. The highest BCUT2D eigenvalue weighted by Crippen LogP contribution is 2.31. The second-order valence-corrected chi connectivity index (χ2v) is 8.85. The second-order valence-electron chi connectivity index (χ2n) is 8.85. The van der Waals surface area contributed by atoms with Crippen molar-refractivity contribution in [3.05, 3.63) is 42.1 Å². The van der Waals surface area contributed by atoms with E-state index in [1.54, 1.807) is 18.3 Å². The summed E-state index contributed by atoms with van der Waals surface area (Å²) in [4.78, 5) is 9.40. The van der Waals surface area contributed by atoms with Crippen LogP contribution in [0.5, 0.6) is 5.75 Å². The number of benzene rings is 1. The van der Waals surface area contributed by atoms with Gasteiger partial charge < -0.3 is 10.5 Å². The summed E-state index contributed by atoms with van der Waals surface area (Å²) in [6, 6.07) is 9.13. The Morgan fingerprint density at radius 2 is 1.85 bits per heavy atom. The highest BCUT2D eigenvalue weighted by atomic mass is 16.3. The Hall–Kier alpha value is -2.56. The van der Waals surface area contributed by atoms with Gasteiger partial charge in [0.2, 0.25) is 0 Å². The number of aromatic hydroxyl groups is 1. The molecule has 5 heteroatoms. The Morgan fingerprint density at radius 1 is 1.12 bits per heavy atom. The van der Waals surface area contributed by atoms with Crippen LogP contribution in [0.1, 0.15) is 46.6 Å². The van der Waals surface area contributed by atoms with Crippen molar-refractivity contribution in [2.75, 3.05) is 5.43 Å². The molecule has 0 fully saturated rings. The fourth-order valence-corrected chi connectivity index (χ4v) is 3.71. The van der Waals surface area contributed by atoms with E-state index in [4.69, 9.17) is 4.98 Å². The molecule has 0 saturated heterocycles. The lowest BCUT2D eigenvalue weighted by atomic mass is 9.82. The molecule has 0 amide bonds. The fourth-order valence-electron chi connectivity index (χ4n) is 3.71. The molecule has 3 aromatic rings. The zero-order valence-electron chi connectivity index (χ0n) is 16.5. The van der Waals surface area contributed by atoms with Gasteiger partial charge in [-0.2, -0.15) is 0 Å². The molecule has 0 spiro atoms. The topological polar surface area (TPSA) is 63.0 Å². The van der Waals surface area contributed by atoms with Crippen molar-refractivity contribution in [2.24, 2.45) is 5.41 Å². The van der Waals surface area contributed by atoms with Crippen molar-refractivity contribution in [3.63, 3.8) is 0 Å². The summed E-state index contributed by atoms with van der Waals surface area (Å²) in [6.45, 7) is 13.1. The van der Waals surface area contributed by atoms with Crippen LogP contribution < -0.4 is 5.43 Å². The maximum absolute atomic E-state index is 9.91. The van der Waals surface area contributed by atoms with E-state index in [-0.39, 0.29) is 16.7 Å². The Bertz CT molecular complexity index is 935. The van der Waals surface area contributed by atoms with Crippen LogP contribution in [0.15, 0.2) is 36.5 Å². The molecular weight excluding hydrogens is 324 g/mol. The molecule has 0 saturated carbocycles. The van der Waals surface area contributed by atoms with Crippen molar-refractivity contribution in [1.82, 2.24) is 14.6 Å². The monoisotopic (exact) mass is 352 g/mol. The largest absolute Gasteiger partial charge is 0.508 e. The molecule has 0 bridgehead atoms. The number of phenols is 1. The third-order valence-corrected chi connectivity index (χ3v) is 4.24. The van der Waals surface area contributed by atoms with Crippen LogP contribution in [0, 0.1) is 12.3 Å². The van der Waals surface area contributed by atoms with Gasteiger partial charge in [-0.05, 0) is 56.4 Å². The van der Waals surface area contributed by atoms with Crippen molar-refractivity contribution >= 4 is 11.2 Å². The van der Waals surface area contributed by atoms with Gasteiger partial charge in [-0.1, -0.05) is 32.9 Å². The van der Waals surface area contributed by atoms with E-state index >= 15 is 0 Å². The number of hydrogen-bond donors (Lipinski definition) is 2. The number of hydrogen-bond acceptors (Lipinski definition) is 4. The maximum Gasteiger partial charge on any atom is 0.179 e. The van der Waals surface area contributed by atoms with Gasteiger partial charge in [0.25, 0.3) is 0 Å². The Morgan fingerprint density at radius 3 is 2.50 bits per heavy atom. The second kappa shape index (κ2) is 6.31. The molecule has 0 aliphatic rings. The minimum absolute atomic E-state index is 0.164. The van der Waals surface area contributed by atoms with Crippen LogP contribution in [-0.2, 0) is 0 Å². The SMILES string of the molecule is Cc1ccnc2c1nc(-c1cccc(O)c1)n2NC(C)(C)CC(C)(C)C. The summed E-state index contributed by atoms with van der Waals surface area (Å²) in [5.41, 5.74) is 7.23. The molecule has 0 atom stereocenters. The van der Waals surface area contributed by atoms with Crippen molar-refractivity contribution in [3.8, 4) is 17.1 Å². The highest BCUT2D eigenvalue weighted by molar-refractivity contribution is 5.80. The number of phenolic OH excluding ortho intramolecular Hbond substituents is 1. The lowest BCUT2D eigenvalue weighted by Gasteiger charge is -2.34. The molecule has 0 unspecified atom stereocenters. The molecule has 138 valence electrons. The molecule has 3 rings (SSSR count). The molecule has 1 aromatic carbocycles. The predicted molar refractivity (Wildman–Crippen MR) is 107 cm³/mol. The van der Waals surface area contributed by atoms with Crippen LogP contribution in [0.3, 0.4) is 0 Å². The summed E-state index contributed by atoms with van der Waals surface area (Å²) in [7, 11) is 0. The average Bonchev–Trinajstić information content (AvgIpc) is 2.84. The van der Waals surface area contributed by atoms with E-state index in [0.717, 1.165) is 34.5 Å². The summed E-state index contributed by atoms with van der Waals surface area (Å²) < 4.78 is 1.96. The van der Waals surface area contributed by atoms with Crippen molar-refractivity contribution in [2.45, 2.75) is 53.5 Å². The lowest BCUT2D eigenvalue weighted by Crippen LogP contribution is -2.41. The molecule has 2 N–H and O–H groups in total. The normalized spacial score (nSPS) is 12.5. The van der Waals surface area contributed by atoms with Crippen LogP contribution >= 0.6 is 0 Å². The summed E-state index contributed by atoms with van der Waals surface area (Å²) in [5.74, 6) is 0.972. The lowest BCUT2D eigenvalue weighted by molar-refractivity contribution is 0.290. The first kappa shape index (κ1) is 18.2. The molecule has 0 aliphatic carbocycles. The molecule has 0 radical (unpaired) electrons. The average molecular weight is 352 g/mol. The quantitative estimate of drug-likeness (QED) is 0.703. The minimum Gasteiger partial charge on any atom is -0.508 e. The number of aromatic nitrogens is 3. The molecular formula is C21H28N4O. The van der Waals surface area contributed by atoms with Gasteiger partial charge in [-0.15, -0.1) is 0 Å². The molecule has 0 aliphatic heterocycles. The summed E-state index contributed by atoms with van der Waals surface area (Å²) >= 11 is 0. The molecule has 2 aromatic heterocycles. The highest BCUT2D eigenvalue weighted by Gasteiger charge is 2.28. The van der Waals surface area contributed by atoms with Crippen LogP contribution in [-0.4, -0.2) is 25.3 Å². The third kappa shape index (κ3) is 3.82. The van der Waals surface area contributed by atoms with Crippen molar-refractivity contribution in [1.29, 1.82) is 0 Å².